The average molecular weight is 478 g/mol. The predicted octanol–water partition coefficient (Wildman–Crippen LogP) is 1.54. The Morgan fingerprint density at radius 2 is 1.61 bits per heavy atom. The highest BCUT2D eigenvalue weighted by atomic mass is 31.2. The molecular formula is C18H28N2O9P2. The molecule has 0 radical (unpaired) electrons. The lowest BCUT2D eigenvalue weighted by Crippen LogP contribution is -2.40. The van der Waals surface area contributed by atoms with Gasteiger partial charge in [0, 0.05) is 11.5 Å². The minimum atomic E-state index is -5.34. The summed E-state index contributed by atoms with van der Waals surface area (Å²) < 4.78 is 27.5. The summed E-state index contributed by atoms with van der Waals surface area (Å²) in [5, 5.41) is 14.9. The molecule has 0 heterocycles. The summed E-state index contributed by atoms with van der Waals surface area (Å²) in [7, 11) is -9.13. The van der Waals surface area contributed by atoms with Crippen molar-refractivity contribution in [2.75, 3.05) is 13.7 Å². The molecule has 174 valence electrons. The van der Waals surface area contributed by atoms with Crippen molar-refractivity contribution in [3.8, 4) is 11.8 Å². The maximum absolute atomic E-state index is 11.3. The van der Waals surface area contributed by atoms with Crippen LogP contribution in [0.2, 0.25) is 0 Å². The lowest BCUT2D eigenvalue weighted by molar-refractivity contribution is 0.0531. The Hall–Kier alpha value is -1.60. The molecule has 0 atom stereocenters. The van der Waals surface area contributed by atoms with E-state index in [0.29, 0.717) is 30.7 Å². The molecule has 1 saturated carbocycles. The highest BCUT2D eigenvalue weighted by Gasteiger charge is 2.63. The van der Waals surface area contributed by atoms with E-state index >= 15 is 0 Å². The van der Waals surface area contributed by atoms with Crippen LogP contribution in [-0.2, 0) is 9.13 Å². The van der Waals surface area contributed by atoms with Crippen LogP contribution < -0.4 is 10.5 Å². The van der Waals surface area contributed by atoms with Crippen LogP contribution in [0.4, 0.5) is 0 Å². The van der Waals surface area contributed by atoms with E-state index in [-0.39, 0.29) is 31.0 Å². The van der Waals surface area contributed by atoms with Crippen molar-refractivity contribution >= 4 is 21.0 Å². The van der Waals surface area contributed by atoms with E-state index in [4.69, 9.17) is 35.3 Å². The van der Waals surface area contributed by atoms with E-state index in [1.165, 1.54) is 0 Å². The van der Waals surface area contributed by atoms with E-state index in [1.807, 2.05) is 6.07 Å². The van der Waals surface area contributed by atoms with E-state index in [9.17, 15) is 19.0 Å². The Labute approximate surface area is 180 Å². The minimum Gasteiger partial charge on any atom is -0.497 e. The fourth-order valence-electron chi connectivity index (χ4n) is 3.38. The van der Waals surface area contributed by atoms with E-state index in [0.717, 1.165) is 0 Å². The Bertz CT molecular complexity index is 843. The Kier molecular flexibility index (Phi) is 10.0. The molecule has 1 aliphatic rings. The number of carbonyl (C=O) groups is 1. The lowest BCUT2D eigenvalue weighted by atomic mass is 9.82. The first-order chi connectivity index (χ1) is 14.3. The average Bonchev–Trinajstić information content (AvgIpc) is 2.72. The summed E-state index contributed by atoms with van der Waals surface area (Å²) in [6, 6.07) is 8.51. The molecule has 0 spiro atoms. The Morgan fingerprint density at radius 1 is 1.13 bits per heavy atom. The monoisotopic (exact) mass is 478 g/mol. The smallest absolute Gasteiger partial charge is 0.369 e. The molecule has 7 N–H and O–H groups in total. The number of aliphatic hydroxyl groups is 1. The first kappa shape index (κ1) is 27.4. The fraction of sp³-hybridized carbons (Fsp3) is 0.556. The van der Waals surface area contributed by atoms with Gasteiger partial charge in [-0.05, 0) is 62.4 Å². The van der Waals surface area contributed by atoms with Crippen LogP contribution in [0.1, 0.15) is 42.5 Å². The van der Waals surface area contributed by atoms with Gasteiger partial charge in [0.25, 0.3) is 5.08 Å². The van der Waals surface area contributed by atoms with E-state index < -0.39 is 26.2 Å². The van der Waals surface area contributed by atoms with Gasteiger partial charge in [0.15, 0.2) is 5.78 Å². The predicted molar refractivity (Wildman–Crippen MR) is 111 cm³/mol. The summed E-state index contributed by atoms with van der Waals surface area (Å²) in [6.45, 7) is 0.414. The van der Waals surface area contributed by atoms with Crippen LogP contribution >= 0.6 is 15.2 Å². The summed E-state index contributed by atoms with van der Waals surface area (Å²) in [5.74, 6) is -0.417. The normalized spacial score (nSPS) is 19.5. The molecule has 0 bridgehead atoms. The van der Waals surface area contributed by atoms with Gasteiger partial charge in [-0.15, -0.1) is 0 Å². The van der Waals surface area contributed by atoms with Gasteiger partial charge in [-0.25, -0.2) is 0 Å². The highest BCUT2D eigenvalue weighted by Crippen LogP contribution is 2.72. The number of nitriles is 1. The summed E-state index contributed by atoms with van der Waals surface area (Å²) in [6.07, 6.45) is 1.17. The standard InChI is InChI=1S/C10H9NO2.C8H19NO7P2/c1-13-9-4-2-8(3-5-9)10(12)6-7-11;9-5-6-1-3-7(4-2-6)8(10,17(11,12)13)18(14,15)16/h2-5H,6H2,1H3;6-7,10H,1-5,9H2,(H2,11,12,13)(H2,14,15,16). The summed E-state index contributed by atoms with van der Waals surface area (Å²) >= 11 is 0. The minimum absolute atomic E-state index is 0.0771. The third-order valence-electron chi connectivity index (χ3n) is 5.24. The first-order valence-electron chi connectivity index (χ1n) is 9.39. The zero-order valence-corrected chi connectivity index (χ0v) is 18.8. The zero-order valence-electron chi connectivity index (χ0n) is 17.0. The molecule has 1 aromatic rings. The molecule has 0 saturated heterocycles. The molecule has 13 heteroatoms. The maximum atomic E-state index is 11.3. The van der Waals surface area contributed by atoms with Crippen LogP contribution in [0, 0.1) is 23.2 Å². The van der Waals surface area contributed by atoms with Crippen LogP contribution in [0.5, 0.6) is 5.75 Å². The quantitative estimate of drug-likeness (QED) is 0.244. The fourth-order valence-corrected chi connectivity index (χ4v) is 6.21. The molecule has 0 unspecified atom stereocenters. The number of hydrogen-bond acceptors (Lipinski definition) is 7. The molecular weight excluding hydrogens is 450 g/mol. The second-order valence-electron chi connectivity index (χ2n) is 7.22. The molecule has 0 aliphatic heterocycles. The van der Waals surface area contributed by atoms with Crippen LogP contribution in [0.25, 0.3) is 0 Å². The molecule has 1 fully saturated rings. The molecule has 1 aliphatic carbocycles. The number of hydrogen-bond donors (Lipinski definition) is 6. The largest absolute Gasteiger partial charge is 0.497 e. The lowest BCUT2D eigenvalue weighted by Gasteiger charge is -2.39. The molecule has 0 amide bonds. The zero-order chi connectivity index (χ0) is 23.9. The third-order valence-corrected chi connectivity index (χ3v) is 9.25. The van der Waals surface area contributed by atoms with Gasteiger partial charge < -0.3 is 35.2 Å². The highest BCUT2D eigenvalue weighted by molar-refractivity contribution is 7.72. The second kappa shape index (κ2) is 11.3. The van der Waals surface area contributed by atoms with Gasteiger partial charge in [0.05, 0.1) is 19.6 Å². The number of ketones is 1. The third kappa shape index (κ3) is 6.94. The maximum Gasteiger partial charge on any atom is 0.369 e. The van der Waals surface area contributed by atoms with Crippen molar-refractivity contribution in [3.63, 3.8) is 0 Å². The SMILES string of the molecule is COc1ccc(C(=O)CC#N)cc1.NCC1CCC(C(O)(P(=O)(O)O)P(=O)(O)O)CC1. The number of carbonyl (C=O) groups excluding carboxylic acids is 1. The Balaban J connectivity index is 0.000000327. The van der Waals surface area contributed by atoms with Gasteiger partial charge >= 0.3 is 15.2 Å². The number of methoxy groups -OCH3 is 1. The molecule has 31 heavy (non-hydrogen) atoms. The summed E-state index contributed by atoms with van der Waals surface area (Å²) in [5.41, 5.74) is 6.00. The van der Waals surface area contributed by atoms with Gasteiger partial charge in [0.1, 0.15) is 5.75 Å². The van der Waals surface area contributed by atoms with Crippen molar-refractivity contribution in [1.29, 1.82) is 5.26 Å². The molecule has 0 aromatic heterocycles. The number of nitrogens with zero attached hydrogens (tertiary/aromatic N) is 1. The topological polar surface area (TPSA) is 211 Å². The van der Waals surface area contributed by atoms with E-state index in [2.05, 4.69) is 0 Å². The van der Waals surface area contributed by atoms with Gasteiger partial charge in [0.2, 0.25) is 0 Å². The van der Waals surface area contributed by atoms with Crippen LogP contribution in [0.15, 0.2) is 24.3 Å². The second-order valence-corrected chi connectivity index (χ2v) is 11.1. The summed E-state index contributed by atoms with van der Waals surface area (Å²) in [4.78, 5) is 47.5. The molecule has 2 rings (SSSR count). The number of Topliss-reactive ketones (excluding diaryl/α,β-unsaturated/α-hetero) is 1. The number of benzene rings is 1. The molecule has 1 aromatic carbocycles. The van der Waals surface area contributed by atoms with Gasteiger partial charge in [-0.2, -0.15) is 5.26 Å². The first-order valence-corrected chi connectivity index (χ1v) is 12.6. The number of nitrogens with two attached hydrogens (primary N) is 1. The van der Waals surface area contributed by atoms with Crippen molar-refractivity contribution in [2.45, 2.75) is 37.2 Å². The number of ether oxygens (including phenoxy) is 1. The van der Waals surface area contributed by atoms with Crippen molar-refractivity contribution in [3.05, 3.63) is 29.8 Å². The van der Waals surface area contributed by atoms with Gasteiger partial charge in [-0.1, -0.05) is 0 Å². The Morgan fingerprint density at radius 3 is 1.97 bits per heavy atom. The van der Waals surface area contributed by atoms with Crippen LogP contribution in [0.3, 0.4) is 0 Å². The number of rotatable bonds is 7. The van der Waals surface area contributed by atoms with Crippen LogP contribution in [-0.4, -0.2) is 49.2 Å². The van der Waals surface area contributed by atoms with Crippen molar-refractivity contribution < 1.29 is 43.3 Å². The van der Waals surface area contributed by atoms with Crippen molar-refractivity contribution in [1.82, 2.24) is 0 Å². The van der Waals surface area contributed by atoms with E-state index in [1.54, 1.807) is 31.4 Å². The van der Waals surface area contributed by atoms with Crippen molar-refractivity contribution in [2.24, 2.45) is 17.6 Å². The van der Waals surface area contributed by atoms with Gasteiger partial charge in [-0.3, -0.25) is 13.9 Å². The molecule has 11 nitrogen and oxygen atoms in total.